The van der Waals surface area contributed by atoms with E-state index in [2.05, 4.69) is 12.0 Å². The summed E-state index contributed by atoms with van der Waals surface area (Å²) in [6, 6.07) is 5.54. The van der Waals surface area contributed by atoms with Gasteiger partial charge in [0.2, 0.25) is 0 Å². The summed E-state index contributed by atoms with van der Waals surface area (Å²) < 4.78 is 76.9. The number of halogens is 3. The van der Waals surface area contributed by atoms with Crippen molar-refractivity contribution in [2.45, 2.75) is 48.4 Å². The lowest BCUT2D eigenvalue weighted by molar-refractivity contribution is -0.137. The third-order valence-corrected chi connectivity index (χ3v) is 7.67. The second-order valence-electron chi connectivity index (χ2n) is 7.27. The van der Waals surface area contributed by atoms with Crippen molar-refractivity contribution in [2.75, 3.05) is 13.7 Å². The molecule has 10 heteroatoms. The highest BCUT2D eigenvalue weighted by Gasteiger charge is 2.46. The molecule has 1 saturated heterocycles. The highest BCUT2D eigenvalue weighted by Crippen LogP contribution is 2.42. The van der Waals surface area contributed by atoms with Gasteiger partial charge in [-0.05, 0) is 51.0 Å². The van der Waals surface area contributed by atoms with Crippen LogP contribution in [0.1, 0.15) is 42.8 Å². The first-order chi connectivity index (χ1) is 13.5. The largest absolute Gasteiger partial charge is 0.416 e. The molecular formula is C19H22F3N2O4S. The van der Waals surface area contributed by atoms with Gasteiger partial charge in [-0.3, -0.25) is 0 Å². The van der Waals surface area contributed by atoms with Gasteiger partial charge in [0.1, 0.15) is 12.8 Å². The van der Waals surface area contributed by atoms with Crippen molar-refractivity contribution in [1.29, 1.82) is 0 Å². The Labute approximate surface area is 167 Å². The fourth-order valence-electron chi connectivity index (χ4n) is 3.50. The molecule has 1 fully saturated rings. The molecule has 29 heavy (non-hydrogen) atoms. The fraction of sp³-hybridized carbons (Fsp3) is 0.474. The molecule has 3 rings (SSSR count). The molecule has 2 unspecified atom stereocenters. The highest BCUT2D eigenvalue weighted by molar-refractivity contribution is 7.92. The molecule has 2 aromatic rings. The second-order valence-corrected chi connectivity index (χ2v) is 9.73. The van der Waals surface area contributed by atoms with Crippen molar-refractivity contribution in [3.63, 3.8) is 0 Å². The van der Waals surface area contributed by atoms with Crippen LogP contribution in [0.4, 0.5) is 13.2 Å². The number of benzene rings is 1. The van der Waals surface area contributed by atoms with Crippen LogP contribution in [-0.4, -0.2) is 36.7 Å². The zero-order chi connectivity index (χ0) is 21.4. The molecule has 6 nitrogen and oxygen atoms in total. The molecule has 0 aliphatic carbocycles. The third-order valence-electron chi connectivity index (χ3n) is 5.13. The van der Waals surface area contributed by atoms with Gasteiger partial charge in [-0.15, -0.1) is 0 Å². The van der Waals surface area contributed by atoms with Crippen molar-refractivity contribution in [3.8, 4) is 0 Å². The Balaban J connectivity index is 1.96. The normalized spacial score (nSPS) is 23.3. The number of hydrogen-bond donors (Lipinski definition) is 0. The van der Waals surface area contributed by atoms with Crippen LogP contribution in [0.5, 0.6) is 0 Å². The first-order valence-corrected chi connectivity index (χ1v) is 10.4. The van der Waals surface area contributed by atoms with Gasteiger partial charge in [-0.25, -0.2) is 13.1 Å². The van der Waals surface area contributed by atoms with Crippen molar-refractivity contribution < 1.29 is 31.1 Å². The van der Waals surface area contributed by atoms with E-state index in [1.807, 2.05) is 0 Å². The Morgan fingerprint density at radius 3 is 2.76 bits per heavy atom. The first-order valence-electron chi connectivity index (χ1n) is 8.90. The molecule has 0 amide bonds. The monoisotopic (exact) mass is 431 g/mol. The van der Waals surface area contributed by atoms with E-state index in [1.54, 1.807) is 13.0 Å². The number of hydrogen-bond acceptors (Lipinski definition) is 5. The van der Waals surface area contributed by atoms with Gasteiger partial charge in [0.15, 0.2) is 9.84 Å². The van der Waals surface area contributed by atoms with E-state index in [0.29, 0.717) is 17.5 Å². The van der Waals surface area contributed by atoms with E-state index in [0.717, 1.165) is 12.1 Å². The quantitative estimate of drug-likeness (QED) is 0.721. The van der Waals surface area contributed by atoms with E-state index in [1.165, 1.54) is 17.9 Å². The molecule has 1 aliphatic rings. The molecule has 1 aromatic carbocycles. The Morgan fingerprint density at radius 2 is 2.10 bits per heavy atom. The maximum absolute atomic E-state index is 13.3. The molecule has 0 spiro atoms. The topological polar surface area (TPSA) is 70.4 Å². The van der Waals surface area contributed by atoms with Crippen LogP contribution in [-0.2, 0) is 32.2 Å². The molecule has 159 valence electrons. The van der Waals surface area contributed by atoms with E-state index < -0.39 is 32.4 Å². The number of nitrogens with zero attached hydrogens (tertiary/aromatic N) is 2. The van der Waals surface area contributed by atoms with Crippen LogP contribution in [0, 0.1) is 6.92 Å². The number of alkyl halides is 3. The van der Waals surface area contributed by atoms with Crippen LogP contribution in [0.2, 0.25) is 0 Å². The van der Waals surface area contributed by atoms with Gasteiger partial charge < -0.3 is 9.47 Å². The summed E-state index contributed by atoms with van der Waals surface area (Å²) in [6.07, 6.45) is -4.99. The predicted molar refractivity (Wildman–Crippen MR) is 98.7 cm³/mol. The Bertz CT molecular complexity index is 988. The third kappa shape index (κ3) is 4.19. The highest BCUT2D eigenvalue weighted by atomic mass is 32.2. The lowest BCUT2D eigenvalue weighted by atomic mass is 9.94. The smallest absolute Gasteiger partial charge is 0.372 e. The van der Waals surface area contributed by atoms with Crippen LogP contribution in [0.15, 0.2) is 35.2 Å². The average molecular weight is 431 g/mol. The van der Waals surface area contributed by atoms with Crippen LogP contribution in [0.3, 0.4) is 0 Å². The van der Waals surface area contributed by atoms with Crippen molar-refractivity contribution in [2.24, 2.45) is 0 Å². The number of aromatic nitrogens is 2. The summed E-state index contributed by atoms with van der Waals surface area (Å²) in [5.41, 5.74) is 0.0985. The predicted octanol–water partition coefficient (Wildman–Crippen LogP) is 3.77. The van der Waals surface area contributed by atoms with E-state index in [-0.39, 0.29) is 31.1 Å². The van der Waals surface area contributed by atoms with Crippen LogP contribution >= 0.6 is 0 Å². The van der Waals surface area contributed by atoms with Gasteiger partial charge in [0, 0.05) is 13.7 Å². The summed E-state index contributed by atoms with van der Waals surface area (Å²) in [5, 5.41) is 4.21. The standard InChI is InChI=1S/C19H22F3N2O4S/c1-13-9-16(24(23-13)12-27-3)17-11-18(2,7-8-28-17)29(25,26)15-6-4-5-14(10-15)19(20,21)22/h4-6,9-10,17H,1,7-8,11-12H2,2-3H3. The minimum atomic E-state index is -4.62. The van der Waals surface area contributed by atoms with Gasteiger partial charge in [-0.1, -0.05) is 6.07 Å². The maximum Gasteiger partial charge on any atom is 0.416 e. The molecule has 0 N–H and O–H groups in total. The number of methoxy groups -OCH3 is 1. The summed E-state index contributed by atoms with van der Waals surface area (Å²) in [6.45, 7) is 5.60. The van der Waals surface area contributed by atoms with E-state index >= 15 is 0 Å². The lowest BCUT2D eigenvalue weighted by Gasteiger charge is -2.37. The van der Waals surface area contributed by atoms with Crippen LogP contribution in [0.25, 0.3) is 0 Å². The summed E-state index contributed by atoms with van der Waals surface area (Å²) in [7, 11) is -2.56. The molecule has 1 aromatic heterocycles. The lowest BCUT2D eigenvalue weighted by Crippen LogP contribution is -2.42. The second kappa shape index (κ2) is 7.73. The van der Waals surface area contributed by atoms with Crippen molar-refractivity contribution in [1.82, 2.24) is 9.78 Å². The summed E-state index contributed by atoms with van der Waals surface area (Å²) >= 11 is 0. The van der Waals surface area contributed by atoms with Gasteiger partial charge in [0.25, 0.3) is 0 Å². The Kier molecular flexibility index (Phi) is 5.81. The van der Waals surface area contributed by atoms with E-state index in [9.17, 15) is 21.6 Å². The molecule has 2 atom stereocenters. The molecule has 1 radical (unpaired) electrons. The minimum Gasteiger partial charge on any atom is -0.372 e. The van der Waals surface area contributed by atoms with Gasteiger partial charge >= 0.3 is 6.18 Å². The average Bonchev–Trinajstić information content (AvgIpc) is 3.02. The Hall–Kier alpha value is -1.91. The molecule has 1 aliphatic heterocycles. The summed E-state index contributed by atoms with van der Waals surface area (Å²) in [5.74, 6) is 0. The molecule has 0 bridgehead atoms. The SMILES string of the molecule is [CH2]c1cc(C2CC(C)(S(=O)(=O)c3cccc(C(F)(F)F)c3)CCO2)n(COC)n1. The first kappa shape index (κ1) is 21.8. The zero-order valence-electron chi connectivity index (χ0n) is 16.1. The van der Waals surface area contributed by atoms with Crippen LogP contribution < -0.4 is 0 Å². The summed E-state index contributed by atoms with van der Waals surface area (Å²) in [4.78, 5) is -0.348. The fourth-order valence-corrected chi connectivity index (χ4v) is 5.33. The molecule has 2 heterocycles. The molecule has 0 saturated carbocycles. The van der Waals surface area contributed by atoms with Crippen molar-refractivity contribution in [3.05, 3.63) is 54.2 Å². The van der Waals surface area contributed by atoms with E-state index in [4.69, 9.17) is 9.47 Å². The van der Waals surface area contributed by atoms with Gasteiger partial charge in [0.05, 0.1) is 26.6 Å². The zero-order valence-corrected chi connectivity index (χ0v) is 16.9. The Morgan fingerprint density at radius 1 is 1.38 bits per heavy atom. The minimum absolute atomic E-state index is 0.0699. The van der Waals surface area contributed by atoms with Gasteiger partial charge in [-0.2, -0.15) is 18.3 Å². The maximum atomic E-state index is 13.3. The number of sulfone groups is 1. The molecular weight excluding hydrogens is 409 g/mol. The number of ether oxygens (including phenoxy) is 2. The van der Waals surface area contributed by atoms with Crippen molar-refractivity contribution >= 4 is 9.84 Å². The number of rotatable bonds is 5.